The van der Waals surface area contributed by atoms with Gasteiger partial charge in [0.2, 0.25) is 0 Å². The molecule has 0 bridgehead atoms. The summed E-state index contributed by atoms with van der Waals surface area (Å²) in [7, 11) is 0. The van der Waals surface area contributed by atoms with Crippen molar-refractivity contribution in [3.63, 3.8) is 0 Å². The van der Waals surface area contributed by atoms with Crippen molar-refractivity contribution in [1.29, 1.82) is 0 Å². The lowest BCUT2D eigenvalue weighted by atomic mass is 10.2. The number of thioether (sulfide) groups is 1. The first-order valence-corrected chi connectivity index (χ1v) is 9.82. The molecule has 9 nitrogen and oxygen atoms in total. The molecule has 1 heterocycles. The number of hydrazine groups is 1. The zero-order valence-corrected chi connectivity index (χ0v) is 17.2. The third kappa shape index (κ3) is 4.58. The molecule has 154 valence electrons. The first-order valence-electron chi connectivity index (χ1n) is 8.59. The number of nitro groups is 1. The zero-order chi connectivity index (χ0) is 21.8. The Hall–Kier alpha value is -3.44. The monoisotopic (exact) mass is 445 g/mol. The van der Waals surface area contributed by atoms with Crippen LogP contribution in [0.1, 0.15) is 22.8 Å². The summed E-state index contributed by atoms with van der Waals surface area (Å²) in [6.45, 7) is 2.14. The van der Waals surface area contributed by atoms with Crippen LogP contribution in [0.5, 0.6) is 11.5 Å². The number of benzene rings is 2. The highest BCUT2D eigenvalue weighted by atomic mass is 32.2. The standard InChI is InChI=1S/C19H15N3O6S2/c1-2-28-15-8-11(6-7-14(15)23)9-16-18(25)21(19(29)30-16)20-17(24)12-4-3-5-13(10-12)22(26)27/h3-10,23H,2H2,1H3,(H,20,24)/b16-9-. The molecule has 30 heavy (non-hydrogen) atoms. The van der Waals surface area contributed by atoms with Crippen molar-refractivity contribution in [3.05, 3.63) is 68.6 Å². The molecule has 2 aromatic carbocycles. The first kappa shape index (κ1) is 21.3. The van der Waals surface area contributed by atoms with Crippen LogP contribution in [0.25, 0.3) is 6.08 Å². The summed E-state index contributed by atoms with van der Waals surface area (Å²) in [5.74, 6) is -0.999. The Balaban J connectivity index is 1.79. The van der Waals surface area contributed by atoms with Gasteiger partial charge in [-0.05, 0) is 49.0 Å². The molecule has 1 aliphatic heterocycles. The summed E-state index contributed by atoms with van der Waals surface area (Å²) < 4.78 is 5.43. The number of phenolic OH excluding ortho intramolecular Hbond substituents is 1. The van der Waals surface area contributed by atoms with Gasteiger partial charge in [-0.2, -0.15) is 5.01 Å². The Morgan fingerprint density at radius 1 is 1.37 bits per heavy atom. The quantitative estimate of drug-likeness (QED) is 0.301. The summed E-state index contributed by atoms with van der Waals surface area (Å²) in [6, 6.07) is 9.75. The first-order chi connectivity index (χ1) is 14.3. The number of amides is 2. The van der Waals surface area contributed by atoms with Crippen LogP contribution in [0.15, 0.2) is 47.4 Å². The van der Waals surface area contributed by atoms with Crippen LogP contribution in [0.4, 0.5) is 5.69 Å². The maximum atomic E-state index is 12.7. The Kier molecular flexibility index (Phi) is 6.33. The van der Waals surface area contributed by atoms with E-state index in [9.17, 15) is 24.8 Å². The second kappa shape index (κ2) is 8.93. The van der Waals surface area contributed by atoms with Crippen LogP contribution in [0.3, 0.4) is 0 Å². The summed E-state index contributed by atoms with van der Waals surface area (Å²) >= 11 is 6.16. The number of ether oxygens (including phenoxy) is 1. The number of carbonyl (C=O) groups is 2. The van der Waals surface area contributed by atoms with Gasteiger partial charge < -0.3 is 9.84 Å². The summed E-state index contributed by atoms with van der Waals surface area (Å²) in [4.78, 5) is 35.6. The third-order valence-electron chi connectivity index (χ3n) is 3.91. The molecule has 2 aromatic rings. The molecule has 0 saturated carbocycles. The normalized spacial score (nSPS) is 14.8. The number of nitrogens with one attached hydrogen (secondary N) is 1. The van der Waals surface area contributed by atoms with Gasteiger partial charge in [-0.15, -0.1) is 0 Å². The average molecular weight is 445 g/mol. The molecule has 0 unspecified atom stereocenters. The molecule has 1 aliphatic rings. The maximum absolute atomic E-state index is 12.7. The minimum Gasteiger partial charge on any atom is -0.504 e. The summed E-state index contributed by atoms with van der Waals surface area (Å²) in [6.07, 6.45) is 1.56. The molecule has 2 N–H and O–H groups in total. The van der Waals surface area contributed by atoms with Crippen LogP contribution >= 0.6 is 24.0 Å². The topological polar surface area (TPSA) is 122 Å². The lowest BCUT2D eigenvalue weighted by molar-refractivity contribution is -0.384. The second-order valence-corrected chi connectivity index (χ2v) is 7.60. The van der Waals surface area contributed by atoms with Gasteiger partial charge in [-0.25, -0.2) is 0 Å². The second-order valence-electron chi connectivity index (χ2n) is 5.93. The van der Waals surface area contributed by atoms with E-state index in [-0.39, 0.29) is 32.0 Å². The van der Waals surface area contributed by atoms with Gasteiger partial charge in [0.15, 0.2) is 15.8 Å². The van der Waals surface area contributed by atoms with Gasteiger partial charge >= 0.3 is 0 Å². The molecule has 0 radical (unpaired) electrons. The fourth-order valence-corrected chi connectivity index (χ4v) is 3.71. The van der Waals surface area contributed by atoms with E-state index in [1.807, 2.05) is 0 Å². The van der Waals surface area contributed by atoms with Crippen LogP contribution < -0.4 is 10.2 Å². The molecule has 0 spiro atoms. The van der Waals surface area contributed by atoms with E-state index in [1.165, 1.54) is 24.3 Å². The van der Waals surface area contributed by atoms with Crippen molar-refractivity contribution in [2.75, 3.05) is 6.61 Å². The number of hydrogen-bond donors (Lipinski definition) is 2. The van der Waals surface area contributed by atoms with Crippen molar-refractivity contribution in [1.82, 2.24) is 10.4 Å². The van der Waals surface area contributed by atoms with Gasteiger partial charge in [-0.1, -0.05) is 23.9 Å². The Labute approximate surface area is 180 Å². The Morgan fingerprint density at radius 2 is 2.13 bits per heavy atom. The van der Waals surface area contributed by atoms with E-state index in [4.69, 9.17) is 17.0 Å². The molecule has 11 heteroatoms. The number of rotatable bonds is 6. The number of nitro benzene ring substituents is 1. The summed E-state index contributed by atoms with van der Waals surface area (Å²) in [5.41, 5.74) is 2.74. The highest BCUT2D eigenvalue weighted by Gasteiger charge is 2.34. The minimum absolute atomic E-state index is 0.0159. The Morgan fingerprint density at radius 3 is 2.83 bits per heavy atom. The number of hydrogen-bond acceptors (Lipinski definition) is 8. The fourth-order valence-electron chi connectivity index (χ4n) is 2.53. The van der Waals surface area contributed by atoms with E-state index in [0.717, 1.165) is 22.8 Å². The fraction of sp³-hybridized carbons (Fsp3) is 0.105. The van der Waals surface area contributed by atoms with Gasteiger partial charge in [-0.3, -0.25) is 25.1 Å². The summed E-state index contributed by atoms with van der Waals surface area (Å²) in [5, 5.41) is 21.6. The predicted octanol–water partition coefficient (Wildman–Crippen LogP) is 3.25. The Bertz CT molecular complexity index is 1090. The van der Waals surface area contributed by atoms with Crippen LogP contribution in [0, 0.1) is 10.1 Å². The lowest BCUT2D eigenvalue weighted by Crippen LogP contribution is -2.44. The van der Waals surface area contributed by atoms with E-state index in [1.54, 1.807) is 25.1 Å². The molecule has 2 amide bonds. The van der Waals surface area contributed by atoms with Gasteiger partial charge in [0.05, 0.1) is 16.4 Å². The molecule has 3 rings (SSSR count). The molecular formula is C19H15N3O6S2. The van der Waals surface area contributed by atoms with E-state index >= 15 is 0 Å². The molecule has 0 aromatic heterocycles. The third-order valence-corrected chi connectivity index (χ3v) is 5.21. The zero-order valence-electron chi connectivity index (χ0n) is 15.5. The van der Waals surface area contributed by atoms with Crippen molar-refractivity contribution in [2.45, 2.75) is 6.92 Å². The maximum Gasteiger partial charge on any atom is 0.285 e. The highest BCUT2D eigenvalue weighted by molar-refractivity contribution is 8.26. The van der Waals surface area contributed by atoms with Crippen LogP contribution in [-0.2, 0) is 4.79 Å². The molecule has 1 fully saturated rings. The van der Waals surface area contributed by atoms with Crippen molar-refractivity contribution in [3.8, 4) is 11.5 Å². The van der Waals surface area contributed by atoms with Gasteiger partial charge in [0, 0.05) is 17.7 Å². The number of non-ortho nitro benzene ring substituents is 1. The van der Waals surface area contributed by atoms with E-state index in [0.29, 0.717) is 12.2 Å². The number of aromatic hydroxyl groups is 1. The number of carbonyl (C=O) groups excluding carboxylic acids is 2. The number of nitrogens with zero attached hydrogens (tertiary/aromatic N) is 2. The lowest BCUT2D eigenvalue weighted by Gasteiger charge is -2.15. The molecule has 1 saturated heterocycles. The number of thiocarbonyl (C=S) groups is 1. The van der Waals surface area contributed by atoms with Crippen molar-refractivity contribution < 1.29 is 24.4 Å². The van der Waals surface area contributed by atoms with Gasteiger partial charge in [0.25, 0.3) is 17.5 Å². The van der Waals surface area contributed by atoms with E-state index < -0.39 is 16.7 Å². The van der Waals surface area contributed by atoms with Crippen LogP contribution in [-0.4, -0.2) is 37.8 Å². The van der Waals surface area contributed by atoms with Crippen molar-refractivity contribution in [2.24, 2.45) is 0 Å². The van der Waals surface area contributed by atoms with Crippen molar-refractivity contribution >= 4 is 51.9 Å². The van der Waals surface area contributed by atoms with Crippen LogP contribution in [0.2, 0.25) is 0 Å². The minimum atomic E-state index is -0.709. The highest BCUT2D eigenvalue weighted by Crippen LogP contribution is 2.33. The smallest absolute Gasteiger partial charge is 0.285 e. The SMILES string of the molecule is CCOc1cc(/C=C2\SC(=S)N(NC(=O)c3cccc([N+](=O)[O-])c3)C2=O)ccc1O. The average Bonchev–Trinajstić information content (AvgIpc) is 2.98. The predicted molar refractivity (Wildman–Crippen MR) is 115 cm³/mol. The molecule has 0 aliphatic carbocycles. The number of phenols is 1. The molecular weight excluding hydrogens is 430 g/mol. The van der Waals surface area contributed by atoms with Gasteiger partial charge in [0.1, 0.15) is 0 Å². The molecule has 0 atom stereocenters. The van der Waals surface area contributed by atoms with E-state index in [2.05, 4.69) is 5.43 Å². The largest absolute Gasteiger partial charge is 0.504 e.